The third-order valence-corrected chi connectivity index (χ3v) is 2.92. The van der Waals surface area contributed by atoms with Crippen LogP contribution < -0.4 is 4.74 Å². The lowest BCUT2D eigenvalue weighted by atomic mass is 10.2. The zero-order valence-corrected chi connectivity index (χ0v) is 12.0. The number of hydrogen-bond donors (Lipinski definition) is 0. The van der Waals surface area contributed by atoms with E-state index in [-0.39, 0.29) is 24.5 Å². The number of non-ortho nitro benzene ring substituents is 1. The maximum Gasteiger partial charge on any atom is 0.338 e. The molecule has 0 aliphatic heterocycles. The Morgan fingerprint density at radius 1 is 1.05 bits per heavy atom. The van der Waals surface area contributed by atoms with Crippen LogP contribution in [-0.2, 0) is 4.74 Å². The number of nitro groups is 1. The van der Waals surface area contributed by atoms with Gasteiger partial charge in [-0.3, -0.25) is 10.1 Å². The molecule has 0 heterocycles. The van der Waals surface area contributed by atoms with E-state index in [1.807, 2.05) is 31.2 Å². The van der Waals surface area contributed by atoms with Gasteiger partial charge in [-0.05, 0) is 31.2 Å². The topological polar surface area (TPSA) is 78.7 Å². The summed E-state index contributed by atoms with van der Waals surface area (Å²) in [5, 5.41) is 10.5. The Bertz CT molecular complexity index is 649. The lowest BCUT2D eigenvalue weighted by Crippen LogP contribution is -2.12. The predicted octanol–water partition coefficient (Wildman–Crippen LogP) is 3.14. The molecule has 0 saturated heterocycles. The summed E-state index contributed by atoms with van der Waals surface area (Å²) in [4.78, 5) is 21.7. The second kappa shape index (κ2) is 7.21. The Labute approximate surface area is 127 Å². The third-order valence-electron chi connectivity index (χ3n) is 2.92. The van der Waals surface area contributed by atoms with Crippen molar-refractivity contribution in [3.05, 3.63) is 69.8 Å². The minimum Gasteiger partial charge on any atom is -0.490 e. The second-order valence-corrected chi connectivity index (χ2v) is 4.60. The summed E-state index contributed by atoms with van der Waals surface area (Å²) >= 11 is 0. The van der Waals surface area contributed by atoms with Crippen LogP contribution in [0.2, 0.25) is 0 Å². The number of rotatable bonds is 6. The van der Waals surface area contributed by atoms with E-state index in [4.69, 9.17) is 9.47 Å². The van der Waals surface area contributed by atoms with Gasteiger partial charge in [0.1, 0.15) is 19.0 Å². The first-order valence-corrected chi connectivity index (χ1v) is 6.67. The van der Waals surface area contributed by atoms with Crippen molar-refractivity contribution >= 4 is 11.7 Å². The molecule has 6 heteroatoms. The number of benzene rings is 2. The maximum absolute atomic E-state index is 11.7. The average Bonchev–Trinajstić information content (AvgIpc) is 2.53. The van der Waals surface area contributed by atoms with Crippen LogP contribution in [0, 0.1) is 17.0 Å². The summed E-state index contributed by atoms with van der Waals surface area (Å²) in [6.07, 6.45) is 0. The molecule has 2 aromatic carbocycles. The molecular weight excluding hydrogens is 286 g/mol. The van der Waals surface area contributed by atoms with Crippen LogP contribution in [0.3, 0.4) is 0 Å². The Balaban J connectivity index is 1.77. The van der Waals surface area contributed by atoms with E-state index < -0.39 is 10.9 Å². The Morgan fingerprint density at radius 3 is 2.27 bits per heavy atom. The smallest absolute Gasteiger partial charge is 0.338 e. The highest BCUT2D eigenvalue weighted by Gasteiger charge is 2.10. The fourth-order valence-corrected chi connectivity index (χ4v) is 1.73. The number of aryl methyl sites for hydroxylation is 1. The first-order chi connectivity index (χ1) is 10.6. The van der Waals surface area contributed by atoms with Gasteiger partial charge in [0.25, 0.3) is 5.69 Å². The molecule has 2 rings (SSSR count). The molecule has 0 unspecified atom stereocenters. The van der Waals surface area contributed by atoms with Gasteiger partial charge >= 0.3 is 5.97 Å². The molecule has 0 spiro atoms. The highest BCUT2D eigenvalue weighted by atomic mass is 16.6. The summed E-state index contributed by atoms with van der Waals surface area (Å²) in [5.41, 5.74) is 1.33. The Morgan fingerprint density at radius 2 is 1.68 bits per heavy atom. The van der Waals surface area contributed by atoms with Gasteiger partial charge in [-0.25, -0.2) is 4.79 Å². The first-order valence-electron chi connectivity index (χ1n) is 6.67. The molecule has 0 radical (unpaired) electrons. The fraction of sp³-hybridized carbons (Fsp3) is 0.188. The van der Waals surface area contributed by atoms with Crippen LogP contribution in [0.25, 0.3) is 0 Å². The molecule has 22 heavy (non-hydrogen) atoms. The number of hydrogen-bond acceptors (Lipinski definition) is 5. The van der Waals surface area contributed by atoms with Crippen molar-refractivity contribution in [1.82, 2.24) is 0 Å². The van der Waals surface area contributed by atoms with Gasteiger partial charge in [0, 0.05) is 12.1 Å². The highest BCUT2D eigenvalue weighted by Crippen LogP contribution is 2.13. The fourth-order valence-electron chi connectivity index (χ4n) is 1.73. The van der Waals surface area contributed by atoms with Crippen LogP contribution in [0.15, 0.2) is 48.5 Å². The van der Waals surface area contributed by atoms with E-state index >= 15 is 0 Å². The Hall–Kier alpha value is -2.89. The van der Waals surface area contributed by atoms with Crippen molar-refractivity contribution < 1.29 is 19.2 Å². The molecule has 2 aromatic rings. The summed E-state index contributed by atoms with van der Waals surface area (Å²) in [6, 6.07) is 12.8. The lowest BCUT2D eigenvalue weighted by molar-refractivity contribution is -0.384. The van der Waals surface area contributed by atoms with Crippen LogP contribution in [0.4, 0.5) is 5.69 Å². The van der Waals surface area contributed by atoms with Gasteiger partial charge in [0.2, 0.25) is 0 Å². The monoisotopic (exact) mass is 301 g/mol. The number of ether oxygens (including phenoxy) is 2. The van der Waals surface area contributed by atoms with E-state index in [0.717, 1.165) is 5.56 Å². The van der Waals surface area contributed by atoms with Crippen molar-refractivity contribution in [2.45, 2.75) is 6.92 Å². The lowest BCUT2D eigenvalue weighted by Gasteiger charge is -2.07. The first kappa shape index (κ1) is 15.5. The van der Waals surface area contributed by atoms with Gasteiger partial charge in [0.05, 0.1) is 10.5 Å². The van der Waals surface area contributed by atoms with E-state index in [1.165, 1.54) is 24.3 Å². The van der Waals surface area contributed by atoms with Gasteiger partial charge in [-0.1, -0.05) is 17.7 Å². The summed E-state index contributed by atoms with van der Waals surface area (Å²) in [5.74, 6) is 0.166. The molecule has 0 aliphatic rings. The summed E-state index contributed by atoms with van der Waals surface area (Å²) in [7, 11) is 0. The standard InChI is InChI=1S/C16H15NO5/c1-12-2-8-15(9-3-12)21-10-11-22-16(18)13-4-6-14(7-5-13)17(19)20/h2-9H,10-11H2,1H3. The third kappa shape index (κ3) is 4.31. The van der Waals surface area contributed by atoms with Gasteiger partial charge < -0.3 is 9.47 Å². The van der Waals surface area contributed by atoms with E-state index in [0.29, 0.717) is 5.75 Å². The molecule has 0 atom stereocenters. The van der Waals surface area contributed by atoms with Crippen molar-refractivity contribution in [2.75, 3.05) is 13.2 Å². The molecule has 0 aliphatic carbocycles. The molecule has 0 amide bonds. The minimum absolute atomic E-state index is 0.0701. The molecule has 114 valence electrons. The van der Waals surface area contributed by atoms with Crippen LogP contribution >= 0.6 is 0 Å². The van der Waals surface area contributed by atoms with Gasteiger partial charge in [0.15, 0.2) is 0 Å². The van der Waals surface area contributed by atoms with Crippen molar-refractivity contribution in [2.24, 2.45) is 0 Å². The molecule has 0 fully saturated rings. The highest BCUT2D eigenvalue weighted by molar-refractivity contribution is 5.89. The quantitative estimate of drug-likeness (QED) is 0.354. The van der Waals surface area contributed by atoms with Crippen molar-refractivity contribution in [3.8, 4) is 5.75 Å². The number of carbonyl (C=O) groups excluding carboxylic acids is 1. The number of esters is 1. The zero-order valence-electron chi connectivity index (χ0n) is 12.0. The average molecular weight is 301 g/mol. The molecule has 0 aromatic heterocycles. The number of carbonyl (C=O) groups is 1. The molecule has 0 saturated carbocycles. The molecule has 0 N–H and O–H groups in total. The Kier molecular flexibility index (Phi) is 5.08. The van der Waals surface area contributed by atoms with Crippen LogP contribution in [0.1, 0.15) is 15.9 Å². The number of nitrogens with zero attached hydrogens (tertiary/aromatic N) is 1. The minimum atomic E-state index is -0.539. The van der Waals surface area contributed by atoms with Crippen molar-refractivity contribution in [1.29, 1.82) is 0 Å². The van der Waals surface area contributed by atoms with Crippen molar-refractivity contribution in [3.63, 3.8) is 0 Å². The van der Waals surface area contributed by atoms with E-state index in [2.05, 4.69) is 0 Å². The predicted molar refractivity (Wildman–Crippen MR) is 80.1 cm³/mol. The van der Waals surface area contributed by atoms with Crippen LogP contribution in [-0.4, -0.2) is 24.1 Å². The summed E-state index contributed by atoms with van der Waals surface area (Å²) in [6.45, 7) is 2.32. The largest absolute Gasteiger partial charge is 0.490 e. The van der Waals surface area contributed by atoms with E-state index in [1.54, 1.807) is 0 Å². The van der Waals surface area contributed by atoms with Gasteiger partial charge in [-0.2, -0.15) is 0 Å². The number of nitro benzene ring substituents is 1. The van der Waals surface area contributed by atoms with Gasteiger partial charge in [-0.15, -0.1) is 0 Å². The SMILES string of the molecule is Cc1ccc(OCCOC(=O)c2ccc([N+](=O)[O-])cc2)cc1. The maximum atomic E-state index is 11.7. The van der Waals surface area contributed by atoms with E-state index in [9.17, 15) is 14.9 Å². The molecule has 6 nitrogen and oxygen atoms in total. The molecule has 0 bridgehead atoms. The normalized spacial score (nSPS) is 10.0. The summed E-state index contributed by atoms with van der Waals surface area (Å²) < 4.78 is 10.5. The van der Waals surface area contributed by atoms with Crippen LogP contribution in [0.5, 0.6) is 5.75 Å². The zero-order chi connectivity index (χ0) is 15.9. The second-order valence-electron chi connectivity index (χ2n) is 4.60. The molecular formula is C16H15NO5.